The highest BCUT2D eigenvalue weighted by atomic mass is 35.5. The number of aryl methyl sites for hydroxylation is 1. The fourth-order valence-electron chi connectivity index (χ4n) is 1.84. The first-order chi connectivity index (χ1) is 7.50. The minimum absolute atomic E-state index is 0.0493. The summed E-state index contributed by atoms with van der Waals surface area (Å²) in [5.74, 6) is 0. The molecule has 1 atom stereocenters. The minimum atomic E-state index is 0.0493. The molecule has 1 N–H and O–H groups in total. The average molecular weight is 238 g/mol. The Balaban J connectivity index is 2.89. The van der Waals surface area contributed by atoms with Crippen molar-refractivity contribution in [3.05, 3.63) is 47.0 Å². The average Bonchev–Trinajstić information content (AvgIpc) is 2.23. The van der Waals surface area contributed by atoms with Gasteiger partial charge in [-0.1, -0.05) is 36.7 Å². The third-order valence-electron chi connectivity index (χ3n) is 2.88. The van der Waals surface area contributed by atoms with Gasteiger partial charge in [-0.3, -0.25) is 0 Å². The molecular formula is C14H20ClN. The lowest BCUT2D eigenvalue weighted by molar-refractivity contribution is 0.406. The SMILES string of the molecule is C=CC(C)(CNC)Cc1ccc(C)cc1Cl. The summed E-state index contributed by atoms with van der Waals surface area (Å²) < 4.78 is 0. The van der Waals surface area contributed by atoms with Crippen LogP contribution in [0.4, 0.5) is 0 Å². The van der Waals surface area contributed by atoms with Gasteiger partial charge in [0.05, 0.1) is 0 Å². The second-order valence-electron chi connectivity index (χ2n) is 4.66. The molecule has 16 heavy (non-hydrogen) atoms. The van der Waals surface area contributed by atoms with E-state index in [1.54, 1.807) is 0 Å². The van der Waals surface area contributed by atoms with Gasteiger partial charge in [0.2, 0.25) is 0 Å². The molecule has 0 heterocycles. The summed E-state index contributed by atoms with van der Waals surface area (Å²) in [6.45, 7) is 9.05. The number of hydrogen-bond acceptors (Lipinski definition) is 1. The Bertz CT molecular complexity index is 373. The van der Waals surface area contributed by atoms with Crippen molar-refractivity contribution in [3.63, 3.8) is 0 Å². The first-order valence-electron chi connectivity index (χ1n) is 5.54. The van der Waals surface area contributed by atoms with Crippen LogP contribution in [0.25, 0.3) is 0 Å². The minimum Gasteiger partial charge on any atom is -0.319 e. The van der Waals surface area contributed by atoms with Crippen LogP contribution in [0.3, 0.4) is 0 Å². The molecular weight excluding hydrogens is 218 g/mol. The quantitative estimate of drug-likeness (QED) is 0.772. The smallest absolute Gasteiger partial charge is 0.0440 e. The monoisotopic (exact) mass is 237 g/mol. The second-order valence-corrected chi connectivity index (χ2v) is 5.07. The molecule has 0 radical (unpaired) electrons. The Labute approximate surface area is 104 Å². The molecule has 0 bridgehead atoms. The van der Waals surface area contributed by atoms with Gasteiger partial charge < -0.3 is 5.32 Å². The van der Waals surface area contributed by atoms with Crippen LogP contribution < -0.4 is 5.32 Å². The van der Waals surface area contributed by atoms with E-state index in [0.717, 1.165) is 18.0 Å². The van der Waals surface area contributed by atoms with Crippen LogP contribution in [0.15, 0.2) is 30.9 Å². The molecule has 1 unspecified atom stereocenters. The predicted octanol–water partition coefficient (Wildman–Crippen LogP) is 3.60. The molecule has 0 spiro atoms. The molecule has 1 rings (SSSR count). The van der Waals surface area contributed by atoms with Gasteiger partial charge in [-0.15, -0.1) is 6.58 Å². The fourth-order valence-corrected chi connectivity index (χ4v) is 2.14. The normalized spacial score (nSPS) is 14.5. The van der Waals surface area contributed by atoms with E-state index in [2.05, 4.69) is 37.9 Å². The number of benzene rings is 1. The molecule has 88 valence electrons. The zero-order chi connectivity index (χ0) is 12.2. The second kappa shape index (κ2) is 5.51. The topological polar surface area (TPSA) is 12.0 Å². The van der Waals surface area contributed by atoms with Crippen LogP contribution in [-0.2, 0) is 6.42 Å². The number of halogens is 1. The van der Waals surface area contributed by atoms with Gasteiger partial charge >= 0.3 is 0 Å². The lowest BCUT2D eigenvalue weighted by Crippen LogP contribution is -2.29. The van der Waals surface area contributed by atoms with Crippen molar-refractivity contribution in [2.45, 2.75) is 20.3 Å². The van der Waals surface area contributed by atoms with Crippen LogP contribution in [0.2, 0.25) is 5.02 Å². The highest BCUT2D eigenvalue weighted by molar-refractivity contribution is 6.31. The van der Waals surface area contributed by atoms with Crippen LogP contribution in [0.5, 0.6) is 0 Å². The molecule has 1 aromatic rings. The van der Waals surface area contributed by atoms with E-state index in [1.165, 1.54) is 11.1 Å². The molecule has 0 aromatic heterocycles. The van der Waals surface area contributed by atoms with Gasteiger partial charge in [-0.25, -0.2) is 0 Å². The maximum atomic E-state index is 6.24. The first kappa shape index (κ1) is 13.3. The molecule has 0 saturated carbocycles. The molecule has 1 aromatic carbocycles. The summed E-state index contributed by atoms with van der Waals surface area (Å²) >= 11 is 6.24. The molecule has 0 aliphatic carbocycles. The van der Waals surface area contributed by atoms with Gasteiger partial charge in [0.15, 0.2) is 0 Å². The third-order valence-corrected chi connectivity index (χ3v) is 3.23. The van der Waals surface area contributed by atoms with Crippen LogP contribution in [0, 0.1) is 12.3 Å². The molecule has 0 fully saturated rings. The van der Waals surface area contributed by atoms with E-state index in [9.17, 15) is 0 Å². The zero-order valence-electron chi connectivity index (χ0n) is 10.3. The van der Waals surface area contributed by atoms with Crippen LogP contribution >= 0.6 is 11.6 Å². The van der Waals surface area contributed by atoms with E-state index < -0.39 is 0 Å². The van der Waals surface area contributed by atoms with E-state index >= 15 is 0 Å². The summed E-state index contributed by atoms with van der Waals surface area (Å²) in [5.41, 5.74) is 2.43. The van der Waals surface area contributed by atoms with Gasteiger partial charge in [0.25, 0.3) is 0 Å². The Morgan fingerprint density at radius 1 is 1.50 bits per heavy atom. The van der Waals surface area contributed by atoms with E-state index in [0.29, 0.717) is 0 Å². The summed E-state index contributed by atoms with van der Waals surface area (Å²) in [4.78, 5) is 0. The Kier molecular flexibility index (Phi) is 4.57. The van der Waals surface area contributed by atoms with Crippen LogP contribution in [-0.4, -0.2) is 13.6 Å². The summed E-state index contributed by atoms with van der Waals surface area (Å²) in [6.07, 6.45) is 2.91. The molecule has 0 aliphatic rings. The standard InChI is InChI=1S/C14H20ClN/c1-5-14(3,10-16-4)9-12-7-6-11(2)8-13(12)15/h5-8,16H,1,9-10H2,2-4H3. The fraction of sp³-hybridized carbons (Fsp3) is 0.429. The first-order valence-corrected chi connectivity index (χ1v) is 5.92. The number of rotatable bonds is 5. The molecule has 0 saturated heterocycles. The van der Waals surface area contributed by atoms with E-state index in [1.807, 2.05) is 19.2 Å². The lowest BCUT2D eigenvalue weighted by Gasteiger charge is -2.26. The van der Waals surface area contributed by atoms with Gasteiger partial charge in [0.1, 0.15) is 0 Å². The van der Waals surface area contributed by atoms with Gasteiger partial charge in [-0.2, -0.15) is 0 Å². The number of hydrogen-bond donors (Lipinski definition) is 1. The highest BCUT2D eigenvalue weighted by Gasteiger charge is 2.20. The van der Waals surface area contributed by atoms with E-state index in [4.69, 9.17) is 11.6 Å². The molecule has 1 nitrogen and oxygen atoms in total. The summed E-state index contributed by atoms with van der Waals surface area (Å²) in [6, 6.07) is 6.22. The Hall–Kier alpha value is -0.790. The van der Waals surface area contributed by atoms with Crippen molar-refractivity contribution in [2.75, 3.05) is 13.6 Å². The largest absolute Gasteiger partial charge is 0.319 e. The Morgan fingerprint density at radius 2 is 2.19 bits per heavy atom. The van der Waals surface area contributed by atoms with Crippen LogP contribution in [0.1, 0.15) is 18.1 Å². The maximum Gasteiger partial charge on any atom is 0.0440 e. The van der Waals surface area contributed by atoms with Crippen molar-refractivity contribution in [3.8, 4) is 0 Å². The van der Waals surface area contributed by atoms with Crippen molar-refractivity contribution in [1.29, 1.82) is 0 Å². The molecule has 0 aliphatic heterocycles. The maximum absolute atomic E-state index is 6.24. The summed E-state index contributed by atoms with van der Waals surface area (Å²) in [5, 5.41) is 4.05. The number of nitrogens with one attached hydrogen (secondary N) is 1. The third kappa shape index (κ3) is 3.36. The van der Waals surface area contributed by atoms with Gasteiger partial charge in [0, 0.05) is 17.0 Å². The van der Waals surface area contributed by atoms with Crippen molar-refractivity contribution >= 4 is 11.6 Å². The molecule has 2 heteroatoms. The van der Waals surface area contributed by atoms with Crippen molar-refractivity contribution in [1.82, 2.24) is 5.32 Å². The molecule has 0 amide bonds. The lowest BCUT2D eigenvalue weighted by atomic mass is 9.83. The van der Waals surface area contributed by atoms with Gasteiger partial charge in [-0.05, 0) is 37.6 Å². The van der Waals surface area contributed by atoms with Crippen molar-refractivity contribution in [2.24, 2.45) is 5.41 Å². The zero-order valence-corrected chi connectivity index (χ0v) is 11.1. The summed E-state index contributed by atoms with van der Waals surface area (Å²) in [7, 11) is 1.96. The predicted molar refractivity (Wildman–Crippen MR) is 72.1 cm³/mol. The van der Waals surface area contributed by atoms with Crippen molar-refractivity contribution < 1.29 is 0 Å². The Morgan fingerprint density at radius 3 is 2.69 bits per heavy atom. The highest BCUT2D eigenvalue weighted by Crippen LogP contribution is 2.27. The van der Waals surface area contributed by atoms with E-state index in [-0.39, 0.29) is 5.41 Å².